The lowest BCUT2D eigenvalue weighted by atomic mass is 10.0. The van der Waals surface area contributed by atoms with Crippen molar-refractivity contribution in [3.05, 3.63) is 51.6 Å². The highest BCUT2D eigenvalue weighted by Gasteiger charge is 2.31. The summed E-state index contributed by atoms with van der Waals surface area (Å²) in [7, 11) is 0. The predicted molar refractivity (Wildman–Crippen MR) is 126 cm³/mol. The van der Waals surface area contributed by atoms with E-state index in [4.69, 9.17) is 22.3 Å². The van der Waals surface area contributed by atoms with Crippen molar-refractivity contribution in [1.29, 1.82) is 0 Å². The number of aromatic nitrogens is 4. The van der Waals surface area contributed by atoms with Crippen molar-refractivity contribution >= 4 is 45.1 Å². The van der Waals surface area contributed by atoms with E-state index in [1.807, 2.05) is 16.0 Å². The Morgan fingerprint density at radius 1 is 1.07 bits per heavy atom. The first-order valence-corrected chi connectivity index (χ1v) is 12.7. The number of nitrogens with zero attached hydrogens (tertiary/aromatic N) is 5. The van der Waals surface area contributed by atoms with Gasteiger partial charge in [-0.15, -0.1) is 27.8 Å². The molecule has 0 bridgehead atoms. The second-order valence-corrected chi connectivity index (χ2v) is 10.5. The second-order valence-electron chi connectivity index (χ2n) is 8.17. The number of benzene rings is 1. The molecule has 0 radical (unpaired) electrons. The van der Waals surface area contributed by atoms with Crippen molar-refractivity contribution in [3.8, 4) is 10.7 Å². The highest BCUT2D eigenvalue weighted by atomic mass is 32.1. The molecule has 8 heteroatoms. The molecule has 2 aliphatic rings. The topological polar surface area (TPSA) is 38.9 Å². The van der Waals surface area contributed by atoms with E-state index < -0.39 is 0 Å². The fourth-order valence-electron chi connectivity index (χ4n) is 4.39. The van der Waals surface area contributed by atoms with Gasteiger partial charge in [0, 0.05) is 12.6 Å². The third-order valence-corrected chi connectivity index (χ3v) is 8.46. The number of likely N-dealkylation sites (tertiary alicyclic amines) is 1. The van der Waals surface area contributed by atoms with Crippen molar-refractivity contribution < 1.29 is 0 Å². The van der Waals surface area contributed by atoms with E-state index in [9.17, 15) is 0 Å². The van der Waals surface area contributed by atoms with Gasteiger partial charge in [0.15, 0.2) is 10.6 Å². The summed E-state index contributed by atoms with van der Waals surface area (Å²) in [5, 5.41) is 8.34. The van der Waals surface area contributed by atoms with Crippen LogP contribution in [0.15, 0.2) is 41.8 Å². The van der Waals surface area contributed by atoms with Gasteiger partial charge in [0.1, 0.15) is 5.01 Å². The van der Waals surface area contributed by atoms with Crippen LogP contribution in [0, 0.1) is 4.77 Å². The third kappa shape index (κ3) is 3.36. The summed E-state index contributed by atoms with van der Waals surface area (Å²) in [5.74, 6) is 1.03. The van der Waals surface area contributed by atoms with Crippen LogP contribution in [0.4, 0.5) is 0 Å². The van der Waals surface area contributed by atoms with Crippen LogP contribution < -0.4 is 0 Å². The zero-order valence-corrected chi connectivity index (χ0v) is 19.1. The first-order chi connectivity index (χ1) is 14.8. The quantitative estimate of drug-likeness (QED) is 0.334. The number of fused-ring (bicyclic) bond motifs is 1. The molecule has 30 heavy (non-hydrogen) atoms. The predicted octanol–water partition coefficient (Wildman–Crippen LogP) is 6.27. The van der Waals surface area contributed by atoms with E-state index in [0.29, 0.717) is 12.1 Å². The van der Waals surface area contributed by atoms with Crippen LogP contribution in [-0.2, 0) is 6.67 Å². The molecule has 1 aliphatic heterocycles. The number of rotatable bonds is 5. The van der Waals surface area contributed by atoms with E-state index in [2.05, 4.69) is 51.2 Å². The van der Waals surface area contributed by atoms with Crippen molar-refractivity contribution in [2.45, 2.75) is 50.9 Å². The minimum atomic E-state index is 0.342. The number of thiophene rings is 1. The lowest BCUT2D eigenvalue weighted by Crippen LogP contribution is -2.35. The molecule has 1 unspecified atom stereocenters. The first kappa shape index (κ1) is 18.9. The summed E-state index contributed by atoms with van der Waals surface area (Å²) in [6.07, 6.45) is 6.02. The van der Waals surface area contributed by atoms with Crippen LogP contribution in [-0.4, -0.2) is 30.8 Å². The van der Waals surface area contributed by atoms with Gasteiger partial charge in [-0.05, 0) is 61.5 Å². The summed E-state index contributed by atoms with van der Waals surface area (Å²) in [4.78, 5) is 8.70. The largest absolute Gasteiger partial charge is 0.296 e. The highest BCUT2D eigenvalue weighted by molar-refractivity contribution is 7.71. The Morgan fingerprint density at radius 3 is 2.77 bits per heavy atom. The molecule has 3 aromatic heterocycles. The molecule has 0 amide bonds. The van der Waals surface area contributed by atoms with Crippen LogP contribution in [0.5, 0.6) is 0 Å². The monoisotopic (exact) mass is 453 g/mol. The fourth-order valence-corrected chi connectivity index (χ4v) is 6.57. The average Bonchev–Trinajstić information content (AvgIpc) is 3.17. The molecule has 4 heterocycles. The molecule has 2 fully saturated rings. The molecule has 154 valence electrons. The van der Waals surface area contributed by atoms with Gasteiger partial charge in [-0.3, -0.25) is 9.47 Å². The van der Waals surface area contributed by atoms with Crippen molar-refractivity contribution in [2.75, 3.05) is 6.54 Å². The molecule has 6 rings (SSSR count). The molecule has 4 aromatic rings. The summed E-state index contributed by atoms with van der Waals surface area (Å²) in [6.45, 7) is 1.80. The van der Waals surface area contributed by atoms with Gasteiger partial charge in [0.05, 0.1) is 27.8 Å². The summed E-state index contributed by atoms with van der Waals surface area (Å²) < 4.78 is 6.47. The molecule has 5 nitrogen and oxygen atoms in total. The van der Waals surface area contributed by atoms with Crippen molar-refractivity contribution in [1.82, 2.24) is 24.2 Å². The molecule has 1 saturated heterocycles. The maximum atomic E-state index is 5.91. The van der Waals surface area contributed by atoms with Gasteiger partial charge in [-0.25, -0.2) is 9.67 Å². The number of thiazole rings is 1. The smallest absolute Gasteiger partial charge is 0.199 e. The number of hydrogen-bond acceptors (Lipinski definition) is 6. The zero-order valence-electron chi connectivity index (χ0n) is 16.6. The Labute approximate surface area is 188 Å². The molecule has 1 aromatic carbocycles. The van der Waals surface area contributed by atoms with Crippen LogP contribution in [0.3, 0.4) is 0 Å². The molecular weight excluding hydrogens is 430 g/mol. The minimum Gasteiger partial charge on any atom is -0.296 e. The number of piperidine rings is 1. The van der Waals surface area contributed by atoms with Crippen LogP contribution in [0.1, 0.15) is 49.2 Å². The minimum absolute atomic E-state index is 0.342. The zero-order chi connectivity index (χ0) is 20.1. The van der Waals surface area contributed by atoms with Crippen LogP contribution in [0.2, 0.25) is 0 Å². The third-order valence-electron chi connectivity index (χ3n) is 6.05. The SMILES string of the molecule is S=c1n(CN2CCCCC2c2nc3ccccc3s2)nc(-c2cccs2)n1C1CC1. The molecular formula is C22H23N5S3. The maximum Gasteiger partial charge on any atom is 0.199 e. The van der Waals surface area contributed by atoms with E-state index in [1.165, 1.54) is 40.3 Å². The van der Waals surface area contributed by atoms with Gasteiger partial charge in [0.25, 0.3) is 0 Å². The van der Waals surface area contributed by atoms with E-state index in [1.54, 1.807) is 11.3 Å². The first-order valence-electron chi connectivity index (χ1n) is 10.6. The highest BCUT2D eigenvalue weighted by Crippen LogP contribution is 2.40. The van der Waals surface area contributed by atoms with E-state index in [-0.39, 0.29) is 0 Å². The Balaban J connectivity index is 1.34. The van der Waals surface area contributed by atoms with Gasteiger partial charge in [-0.1, -0.05) is 24.6 Å². The molecule has 1 aliphatic carbocycles. The van der Waals surface area contributed by atoms with Crippen molar-refractivity contribution in [3.63, 3.8) is 0 Å². The second kappa shape index (κ2) is 7.67. The molecule has 1 atom stereocenters. The van der Waals surface area contributed by atoms with Crippen LogP contribution >= 0.6 is 34.9 Å². The van der Waals surface area contributed by atoms with Gasteiger partial charge >= 0.3 is 0 Å². The number of para-hydroxylation sites is 1. The lowest BCUT2D eigenvalue weighted by Gasteiger charge is -2.34. The molecule has 0 spiro atoms. The lowest BCUT2D eigenvalue weighted by molar-refractivity contribution is 0.103. The Morgan fingerprint density at radius 2 is 1.97 bits per heavy atom. The van der Waals surface area contributed by atoms with E-state index >= 15 is 0 Å². The standard InChI is InChI=1S/C22H23N5S3/c28-22-26(24-20(19-9-5-13-29-19)27(22)15-10-11-15)14-25-12-4-3-7-17(25)21-23-16-6-1-2-8-18(16)30-21/h1-2,5-6,8-9,13,15,17H,3-4,7,10-12,14H2. The summed E-state index contributed by atoms with van der Waals surface area (Å²) in [5.41, 5.74) is 1.11. The van der Waals surface area contributed by atoms with Gasteiger partial charge in [0.2, 0.25) is 0 Å². The number of hydrogen-bond donors (Lipinski definition) is 0. The van der Waals surface area contributed by atoms with Gasteiger partial charge in [-0.2, -0.15) is 0 Å². The van der Waals surface area contributed by atoms with Gasteiger partial charge < -0.3 is 0 Å². The fraction of sp³-hybridized carbons (Fsp3) is 0.409. The Bertz CT molecular complexity index is 1200. The Hall–Kier alpha value is -1.87. The van der Waals surface area contributed by atoms with E-state index in [0.717, 1.165) is 35.7 Å². The maximum absolute atomic E-state index is 5.91. The molecule has 1 saturated carbocycles. The van der Waals surface area contributed by atoms with Crippen molar-refractivity contribution in [2.24, 2.45) is 0 Å². The summed E-state index contributed by atoms with van der Waals surface area (Å²) in [6, 6.07) is 13.6. The summed E-state index contributed by atoms with van der Waals surface area (Å²) >= 11 is 9.48. The normalized spacial score (nSPS) is 20.2. The average molecular weight is 454 g/mol. The molecule has 0 N–H and O–H groups in total. The van der Waals surface area contributed by atoms with Crippen LogP contribution in [0.25, 0.3) is 20.9 Å². The Kier molecular flexibility index (Phi) is 4.83.